The van der Waals surface area contributed by atoms with Crippen molar-refractivity contribution in [1.29, 1.82) is 0 Å². The number of thiazole rings is 1. The lowest BCUT2D eigenvalue weighted by Crippen LogP contribution is -2.39. The monoisotopic (exact) mass is 422 g/mol. The van der Waals surface area contributed by atoms with Crippen molar-refractivity contribution in [2.75, 3.05) is 29.9 Å². The first-order valence-corrected chi connectivity index (χ1v) is 11.1. The van der Waals surface area contributed by atoms with Crippen LogP contribution >= 0.6 is 11.3 Å². The summed E-state index contributed by atoms with van der Waals surface area (Å²) < 4.78 is 0. The topological polar surface area (TPSA) is 77.5 Å². The third-order valence-corrected chi connectivity index (χ3v) is 6.24. The normalized spacial score (nSPS) is 14.5. The van der Waals surface area contributed by atoms with E-state index in [9.17, 15) is 4.79 Å². The number of amides is 1. The van der Waals surface area contributed by atoms with Crippen LogP contribution in [-0.4, -0.2) is 41.9 Å². The number of carboxylic acid groups (broad SMARTS) is 1. The van der Waals surface area contributed by atoms with Gasteiger partial charge in [0, 0.05) is 42.3 Å². The molecule has 156 valence electrons. The number of benzene rings is 2. The lowest BCUT2D eigenvalue weighted by molar-refractivity contribution is 0.194. The molecule has 1 saturated heterocycles. The van der Waals surface area contributed by atoms with Gasteiger partial charge in [-0.25, -0.2) is 9.78 Å². The van der Waals surface area contributed by atoms with Crippen molar-refractivity contribution >= 4 is 28.2 Å². The van der Waals surface area contributed by atoms with E-state index in [4.69, 9.17) is 10.1 Å². The first-order valence-electron chi connectivity index (χ1n) is 10.3. The van der Waals surface area contributed by atoms with Gasteiger partial charge in [-0.2, -0.15) is 0 Å². The van der Waals surface area contributed by atoms with Crippen LogP contribution in [0.4, 0.5) is 15.6 Å². The summed E-state index contributed by atoms with van der Waals surface area (Å²) in [4.78, 5) is 17.7. The highest BCUT2D eigenvalue weighted by molar-refractivity contribution is 7.14. The molecule has 3 aromatic rings. The molecule has 2 aromatic carbocycles. The summed E-state index contributed by atoms with van der Waals surface area (Å²) >= 11 is 1.72. The fourth-order valence-corrected chi connectivity index (χ4v) is 4.57. The Hall–Kier alpha value is -3.06. The Balaban J connectivity index is 1.26. The zero-order valence-corrected chi connectivity index (χ0v) is 17.6. The van der Waals surface area contributed by atoms with Gasteiger partial charge in [0.15, 0.2) is 5.13 Å². The lowest BCUT2D eigenvalue weighted by atomic mass is 10.0. The van der Waals surface area contributed by atoms with Crippen LogP contribution in [0.25, 0.3) is 11.3 Å². The van der Waals surface area contributed by atoms with E-state index in [0.717, 1.165) is 48.0 Å². The van der Waals surface area contributed by atoms with Gasteiger partial charge in [-0.1, -0.05) is 42.5 Å². The average molecular weight is 423 g/mol. The van der Waals surface area contributed by atoms with Crippen molar-refractivity contribution in [3.05, 3.63) is 65.5 Å². The SMILES string of the molecule is O=C(O)NCCc1ccc(NC2CCN(c3nc(-c4ccccc4)cs3)CC2)cc1. The number of piperidine rings is 1. The van der Waals surface area contributed by atoms with Crippen LogP contribution in [0.3, 0.4) is 0 Å². The van der Waals surface area contributed by atoms with Crippen molar-refractivity contribution in [3.63, 3.8) is 0 Å². The van der Waals surface area contributed by atoms with E-state index in [1.54, 1.807) is 11.3 Å². The highest BCUT2D eigenvalue weighted by Gasteiger charge is 2.21. The second-order valence-electron chi connectivity index (χ2n) is 7.47. The van der Waals surface area contributed by atoms with E-state index in [1.165, 1.54) is 5.56 Å². The Morgan fingerprint density at radius 2 is 1.83 bits per heavy atom. The van der Waals surface area contributed by atoms with E-state index >= 15 is 0 Å². The van der Waals surface area contributed by atoms with Crippen molar-refractivity contribution < 1.29 is 9.90 Å². The van der Waals surface area contributed by atoms with E-state index in [-0.39, 0.29) is 0 Å². The molecule has 1 aromatic heterocycles. The minimum absolute atomic E-state index is 0.434. The fraction of sp³-hybridized carbons (Fsp3) is 0.304. The van der Waals surface area contributed by atoms with Gasteiger partial charge in [0.25, 0.3) is 0 Å². The molecule has 0 unspecified atom stereocenters. The number of aromatic nitrogens is 1. The molecule has 0 bridgehead atoms. The van der Waals surface area contributed by atoms with Gasteiger partial charge in [0.05, 0.1) is 5.69 Å². The van der Waals surface area contributed by atoms with Gasteiger partial charge in [-0.05, 0) is 37.0 Å². The quantitative estimate of drug-likeness (QED) is 0.514. The molecule has 0 saturated carbocycles. The molecule has 30 heavy (non-hydrogen) atoms. The van der Waals surface area contributed by atoms with Crippen molar-refractivity contribution in [3.8, 4) is 11.3 Å². The molecule has 0 atom stereocenters. The van der Waals surface area contributed by atoms with Gasteiger partial charge < -0.3 is 20.6 Å². The molecule has 1 fully saturated rings. The minimum atomic E-state index is -0.978. The van der Waals surface area contributed by atoms with E-state index < -0.39 is 6.09 Å². The van der Waals surface area contributed by atoms with E-state index in [0.29, 0.717) is 19.0 Å². The second-order valence-corrected chi connectivity index (χ2v) is 8.30. The van der Waals surface area contributed by atoms with Crippen LogP contribution in [-0.2, 0) is 6.42 Å². The van der Waals surface area contributed by atoms with Crippen LogP contribution in [0, 0.1) is 0 Å². The fourth-order valence-electron chi connectivity index (χ4n) is 3.68. The number of hydrogen-bond acceptors (Lipinski definition) is 5. The molecule has 4 rings (SSSR count). The van der Waals surface area contributed by atoms with Gasteiger partial charge in [-0.15, -0.1) is 11.3 Å². The summed E-state index contributed by atoms with van der Waals surface area (Å²) in [5, 5.41) is 17.9. The summed E-state index contributed by atoms with van der Waals surface area (Å²) in [5.41, 5.74) is 4.46. The zero-order chi connectivity index (χ0) is 20.8. The van der Waals surface area contributed by atoms with Gasteiger partial charge in [0.2, 0.25) is 0 Å². The minimum Gasteiger partial charge on any atom is -0.465 e. The number of nitrogens with zero attached hydrogens (tertiary/aromatic N) is 2. The summed E-state index contributed by atoms with van der Waals surface area (Å²) in [6.45, 7) is 2.43. The van der Waals surface area contributed by atoms with E-state index in [1.807, 2.05) is 18.2 Å². The predicted octanol–water partition coefficient (Wildman–Crippen LogP) is 4.70. The maximum atomic E-state index is 10.5. The number of carbonyl (C=O) groups is 1. The van der Waals surface area contributed by atoms with Crippen LogP contribution < -0.4 is 15.5 Å². The summed E-state index contributed by atoms with van der Waals surface area (Å²) in [7, 11) is 0. The Kier molecular flexibility index (Phi) is 6.49. The highest BCUT2D eigenvalue weighted by atomic mass is 32.1. The van der Waals surface area contributed by atoms with Crippen LogP contribution in [0.2, 0.25) is 0 Å². The van der Waals surface area contributed by atoms with Crippen LogP contribution in [0.1, 0.15) is 18.4 Å². The molecule has 2 heterocycles. The van der Waals surface area contributed by atoms with E-state index in [2.05, 4.69) is 57.3 Å². The molecule has 0 radical (unpaired) electrons. The predicted molar refractivity (Wildman–Crippen MR) is 123 cm³/mol. The third-order valence-electron chi connectivity index (χ3n) is 5.34. The Morgan fingerprint density at radius 1 is 1.10 bits per heavy atom. The molecular formula is C23H26N4O2S. The Morgan fingerprint density at radius 3 is 2.53 bits per heavy atom. The van der Waals surface area contributed by atoms with Crippen LogP contribution in [0.5, 0.6) is 0 Å². The molecule has 1 aliphatic rings. The van der Waals surface area contributed by atoms with Crippen LogP contribution in [0.15, 0.2) is 60.0 Å². The molecule has 7 heteroatoms. The maximum absolute atomic E-state index is 10.5. The summed E-state index contributed by atoms with van der Waals surface area (Å²) in [5.74, 6) is 0. The number of anilines is 2. The Bertz CT molecular complexity index is 951. The van der Waals surface area contributed by atoms with Gasteiger partial charge in [0.1, 0.15) is 0 Å². The molecule has 0 spiro atoms. The molecule has 1 amide bonds. The maximum Gasteiger partial charge on any atom is 0.404 e. The Labute approximate surface area is 180 Å². The second kappa shape index (κ2) is 9.63. The summed E-state index contributed by atoms with van der Waals surface area (Å²) in [6, 6.07) is 19.0. The molecule has 1 aliphatic heterocycles. The lowest BCUT2D eigenvalue weighted by Gasteiger charge is -2.32. The number of nitrogens with one attached hydrogen (secondary N) is 2. The molecule has 0 aliphatic carbocycles. The van der Waals surface area contributed by atoms with Crippen molar-refractivity contribution in [2.24, 2.45) is 0 Å². The smallest absolute Gasteiger partial charge is 0.404 e. The highest BCUT2D eigenvalue weighted by Crippen LogP contribution is 2.29. The molecular weight excluding hydrogens is 396 g/mol. The first-order chi connectivity index (χ1) is 14.7. The number of rotatable bonds is 7. The van der Waals surface area contributed by atoms with Gasteiger partial charge in [-0.3, -0.25) is 0 Å². The molecule has 6 nitrogen and oxygen atoms in total. The zero-order valence-electron chi connectivity index (χ0n) is 16.8. The summed E-state index contributed by atoms with van der Waals surface area (Å²) in [6.07, 6.45) is 1.87. The largest absolute Gasteiger partial charge is 0.465 e. The average Bonchev–Trinajstić information content (AvgIpc) is 3.26. The third kappa shape index (κ3) is 5.30. The standard InChI is InChI=1S/C23H26N4O2S/c28-23(29)24-13-10-17-6-8-19(9-7-17)25-20-11-14-27(15-12-20)22-26-21(16-30-22)18-4-2-1-3-5-18/h1-9,16,20,24-25H,10-15H2,(H,28,29). The van der Waals surface area contributed by atoms with Crippen molar-refractivity contribution in [1.82, 2.24) is 10.3 Å². The number of hydrogen-bond donors (Lipinski definition) is 3. The van der Waals surface area contributed by atoms with Gasteiger partial charge >= 0.3 is 6.09 Å². The first kappa shape index (κ1) is 20.2. The molecule has 3 N–H and O–H groups in total. The van der Waals surface area contributed by atoms with Crippen molar-refractivity contribution in [2.45, 2.75) is 25.3 Å².